The molecule has 2 heterocycles. The maximum Gasteiger partial charge on any atom is 0.483 e. The van der Waals surface area contributed by atoms with Crippen molar-refractivity contribution in [3.63, 3.8) is 0 Å². The smallest absolute Gasteiger partial charge is 0.384 e. The molecule has 0 amide bonds. The van der Waals surface area contributed by atoms with Gasteiger partial charge in [-0.25, -0.2) is 18.1 Å². The molecule has 7 N–H and O–H groups in total. The molecule has 0 spiro atoms. The predicted octanol–water partition coefficient (Wildman–Crippen LogP) is -4.35. The molecule has 12 heteroatoms. The molecule has 11 nitrogen and oxygen atoms in total. The maximum absolute atomic E-state index is 11.6. The summed E-state index contributed by atoms with van der Waals surface area (Å²) in [5, 5.41) is 67.5. The fraction of sp³-hybridized carbons (Fsp3) is 1.00. The van der Waals surface area contributed by atoms with Crippen LogP contribution in [0, 0.1) is 0 Å². The molecule has 104 valence electrons. The molecule has 1 saturated carbocycles. The van der Waals surface area contributed by atoms with Gasteiger partial charge in [0.25, 0.3) is 23.1 Å². The van der Waals surface area contributed by atoms with Gasteiger partial charge in [0.05, 0.1) is 0 Å². The molecule has 2 aliphatic heterocycles. The molecule has 18 heavy (non-hydrogen) atoms. The second-order valence-corrected chi connectivity index (χ2v) is 5.76. The zero-order valence-corrected chi connectivity index (χ0v) is 9.26. The van der Waals surface area contributed by atoms with E-state index in [2.05, 4.69) is 13.6 Å². The van der Waals surface area contributed by atoms with E-state index < -0.39 is 43.2 Å². The first-order chi connectivity index (χ1) is 7.94. The third-order valence-corrected chi connectivity index (χ3v) is 4.77. The van der Waals surface area contributed by atoms with E-state index in [9.17, 15) is 40.3 Å². The summed E-state index contributed by atoms with van der Waals surface area (Å²) < 4.78 is 24.4. The maximum atomic E-state index is 11.6. The van der Waals surface area contributed by atoms with Gasteiger partial charge in [0.2, 0.25) is 0 Å². The molecule has 6 atom stereocenters. The van der Waals surface area contributed by atoms with Gasteiger partial charge in [0.15, 0.2) is 0 Å². The lowest BCUT2D eigenvalue weighted by Gasteiger charge is -2.55. The first-order valence-electron chi connectivity index (χ1n) is 4.64. The minimum absolute atomic E-state index is 2.54. The molecule has 0 radical (unpaired) electrons. The number of aliphatic hydroxyl groups excluding tert-OH is 2. The molecule has 1 unspecified atom stereocenters. The lowest BCUT2D eigenvalue weighted by atomic mass is 9.74. The number of fused-ring (bicyclic) bond motifs is 1. The number of aliphatic hydroxyl groups is 7. The molecule has 3 rings (SSSR count). The van der Waals surface area contributed by atoms with Gasteiger partial charge < -0.3 is 35.7 Å². The van der Waals surface area contributed by atoms with Gasteiger partial charge in [0.1, 0.15) is 12.2 Å². The van der Waals surface area contributed by atoms with Crippen LogP contribution in [0.5, 0.6) is 0 Å². The Bertz CT molecular complexity index is 476. The third kappa shape index (κ3) is 0.941. The Balaban J connectivity index is 2.29. The van der Waals surface area contributed by atoms with Crippen molar-refractivity contribution in [2.45, 2.75) is 35.4 Å². The molecule has 0 aromatic heterocycles. The van der Waals surface area contributed by atoms with Crippen molar-refractivity contribution in [2.24, 2.45) is 0 Å². The Morgan fingerprint density at radius 2 is 1.33 bits per heavy atom. The fourth-order valence-corrected chi connectivity index (χ4v) is 4.09. The van der Waals surface area contributed by atoms with Crippen LogP contribution in [0.15, 0.2) is 0 Å². The number of hydrogen-bond donors (Lipinski definition) is 7. The zero-order valence-electron chi connectivity index (χ0n) is 8.37. The number of hydrogen-bond acceptors (Lipinski definition) is 11. The van der Waals surface area contributed by atoms with E-state index in [1.54, 1.807) is 0 Å². The third-order valence-electron chi connectivity index (χ3n) is 3.29. The van der Waals surface area contributed by atoms with E-state index in [1.165, 1.54) is 0 Å². The first kappa shape index (κ1) is 12.8. The Hall–Kier alpha value is -0.170. The van der Waals surface area contributed by atoms with Crippen LogP contribution >= 0.6 is 7.82 Å². The van der Waals surface area contributed by atoms with Crippen LogP contribution in [0.1, 0.15) is 0 Å². The Kier molecular flexibility index (Phi) is 2.00. The summed E-state index contributed by atoms with van der Waals surface area (Å²) in [4.78, 5) is 0. The molecule has 2 bridgehead atoms. The highest BCUT2D eigenvalue weighted by Crippen LogP contribution is 2.77. The van der Waals surface area contributed by atoms with Crippen LogP contribution in [0.3, 0.4) is 0 Å². The zero-order chi connectivity index (χ0) is 13.8. The predicted molar refractivity (Wildman–Crippen MR) is 44.9 cm³/mol. The average Bonchev–Trinajstić information content (AvgIpc) is 2.56. The minimum Gasteiger partial charge on any atom is -0.384 e. The molecule has 3 aliphatic rings. The highest BCUT2D eigenvalue weighted by atomic mass is 31.2. The SMILES string of the molecule is O=P12O[C@]3(O)[C@](O)(O1)[C@@H](O)[C@@H](O)C(O)(O)[C@@]3(O)O2. The minimum atomic E-state index is -4.74. The van der Waals surface area contributed by atoms with E-state index in [0.717, 1.165) is 0 Å². The van der Waals surface area contributed by atoms with Crippen molar-refractivity contribution < 1.29 is 53.9 Å². The van der Waals surface area contributed by atoms with Crippen molar-refractivity contribution in [1.82, 2.24) is 0 Å². The van der Waals surface area contributed by atoms with Crippen LogP contribution in [-0.2, 0) is 18.1 Å². The van der Waals surface area contributed by atoms with Crippen LogP contribution in [0.4, 0.5) is 0 Å². The highest BCUT2D eigenvalue weighted by molar-refractivity contribution is 7.49. The number of rotatable bonds is 0. The summed E-state index contributed by atoms with van der Waals surface area (Å²) >= 11 is 0. The summed E-state index contributed by atoms with van der Waals surface area (Å²) in [6.07, 6.45) is -5.15. The lowest BCUT2D eigenvalue weighted by Crippen LogP contribution is -2.87. The monoisotopic (exact) mass is 288 g/mol. The topological polar surface area (TPSA) is 186 Å². The standard InChI is InChI=1S/C6H9O11P/c7-1-2(8)4(11)6(13)5(12,3(1,9)10)16-18(14,15-4)17-6/h1-2,7-13H/t1-,2+,4-,5-,6-,18?/m1/s1. The van der Waals surface area contributed by atoms with Gasteiger partial charge in [-0.2, -0.15) is 0 Å². The van der Waals surface area contributed by atoms with Crippen molar-refractivity contribution in [3.8, 4) is 0 Å². The summed E-state index contributed by atoms with van der Waals surface area (Å²) in [7, 11) is -4.74. The van der Waals surface area contributed by atoms with Gasteiger partial charge in [0, 0.05) is 0 Å². The van der Waals surface area contributed by atoms with Crippen molar-refractivity contribution in [3.05, 3.63) is 0 Å². The first-order valence-corrected chi connectivity index (χ1v) is 6.10. The second kappa shape index (κ2) is 2.80. The molecule has 2 saturated heterocycles. The summed E-state index contributed by atoms with van der Waals surface area (Å²) in [6, 6.07) is 0. The summed E-state index contributed by atoms with van der Waals surface area (Å²) in [5.74, 6) is -14.0. The van der Waals surface area contributed by atoms with Gasteiger partial charge in [-0.1, -0.05) is 0 Å². The number of phosphoric ester groups is 1. The lowest BCUT2D eigenvalue weighted by molar-refractivity contribution is -0.521. The quantitative estimate of drug-likeness (QED) is 0.168. The molecule has 3 fully saturated rings. The van der Waals surface area contributed by atoms with E-state index >= 15 is 0 Å². The van der Waals surface area contributed by atoms with Gasteiger partial charge in [-0.3, -0.25) is 0 Å². The highest BCUT2D eigenvalue weighted by Gasteiger charge is 2.94. The van der Waals surface area contributed by atoms with Crippen LogP contribution in [0.2, 0.25) is 0 Å². The average molecular weight is 288 g/mol. The molecule has 0 aromatic rings. The Labute approximate surface area is 98.0 Å². The van der Waals surface area contributed by atoms with Crippen molar-refractivity contribution in [2.75, 3.05) is 0 Å². The van der Waals surface area contributed by atoms with Gasteiger partial charge in [-0.15, -0.1) is 0 Å². The van der Waals surface area contributed by atoms with E-state index in [-0.39, 0.29) is 0 Å². The van der Waals surface area contributed by atoms with E-state index in [0.29, 0.717) is 0 Å². The summed E-state index contributed by atoms with van der Waals surface area (Å²) in [6.45, 7) is 0. The largest absolute Gasteiger partial charge is 0.483 e. The van der Waals surface area contributed by atoms with E-state index in [1.807, 2.05) is 0 Å². The van der Waals surface area contributed by atoms with Gasteiger partial charge in [-0.05, 0) is 0 Å². The molecule has 0 aromatic carbocycles. The van der Waals surface area contributed by atoms with Crippen molar-refractivity contribution in [1.29, 1.82) is 0 Å². The van der Waals surface area contributed by atoms with Crippen LogP contribution in [-0.4, -0.2) is 71.1 Å². The second-order valence-electron chi connectivity index (χ2n) is 4.32. The fourth-order valence-electron chi connectivity index (χ4n) is 2.25. The molecular weight excluding hydrogens is 279 g/mol. The van der Waals surface area contributed by atoms with Crippen LogP contribution < -0.4 is 0 Å². The number of phosphoric acid groups is 1. The Morgan fingerprint density at radius 3 is 1.83 bits per heavy atom. The van der Waals surface area contributed by atoms with E-state index in [4.69, 9.17) is 0 Å². The molecular formula is C6H9O11P. The molecule has 1 aliphatic carbocycles. The van der Waals surface area contributed by atoms with Gasteiger partial charge >= 0.3 is 7.82 Å². The Morgan fingerprint density at radius 1 is 0.833 bits per heavy atom. The normalized spacial score (nSPS) is 65.3. The van der Waals surface area contributed by atoms with Crippen LogP contribution in [0.25, 0.3) is 0 Å². The summed E-state index contributed by atoms with van der Waals surface area (Å²) in [5.41, 5.74) is 0. The van der Waals surface area contributed by atoms with Crippen molar-refractivity contribution >= 4 is 7.82 Å².